The molecule has 26 nitrogen and oxygen atoms in total. The molecule has 0 bridgehead atoms. The molecule has 2 aliphatic carbocycles. The Balaban J connectivity index is 0.615. The SMILES string of the molecule is COC(=O)[C@H](CCC(C)(C)C)NC(=O)c1ccc(Oc2cccc(OC3CN(C(=O)NCC(CO)COCCOCc4cn(CC(=O)NCCCn5nccc5C(=O)N[C@H](C(=O)Nc5ccc(-c6c(C)n[nH]c6C)cc5)C(C5CC5)C5CC5)nn4)C3)c2)nc1. The summed E-state index contributed by atoms with van der Waals surface area (Å²) in [7, 11) is 1.29. The number of anilines is 1. The summed E-state index contributed by atoms with van der Waals surface area (Å²) >= 11 is 0. The molecule has 9 rings (SSSR count). The monoisotopic (exact) mass is 1230 g/mol. The van der Waals surface area contributed by atoms with Crippen molar-refractivity contribution in [3.8, 4) is 28.5 Å². The first kappa shape index (κ1) is 64.7. The number of carbonyl (C=O) groups is 6. The molecule has 6 amide bonds. The van der Waals surface area contributed by atoms with Crippen LogP contribution in [0.1, 0.15) is 104 Å². The van der Waals surface area contributed by atoms with E-state index in [2.05, 4.69) is 77.9 Å². The third kappa shape index (κ3) is 18.9. The molecule has 0 spiro atoms. The predicted octanol–water partition coefficient (Wildman–Crippen LogP) is 5.76. The van der Waals surface area contributed by atoms with Crippen LogP contribution in [-0.4, -0.2) is 163 Å². The smallest absolute Gasteiger partial charge is 0.328 e. The molecule has 0 radical (unpaired) electrons. The number of esters is 1. The first-order chi connectivity index (χ1) is 42.9. The number of amides is 6. The van der Waals surface area contributed by atoms with Crippen molar-refractivity contribution in [2.75, 3.05) is 65.0 Å². The zero-order valence-electron chi connectivity index (χ0n) is 51.4. The molecule has 7 N–H and O–H groups in total. The number of hydrogen-bond donors (Lipinski definition) is 7. The summed E-state index contributed by atoms with van der Waals surface area (Å²) in [6.45, 7) is 12.2. The van der Waals surface area contributed by atoms with Gasteiger partial charge in [-0.15, -0.1) is 5.10 Å². The topological polar surface area (TPSA) is 322 Å². The van der Waals surface area contributed by atoms with Gasteiger partial charge in [-0.25, -0.2) is 19.3 Å². The quantitative estimate of drug-likeness (QED) is 0.0190. The van der Waals surface area contributed by atoms with Crippen molar-refractivity contribution in [1.29, 1.82) is 0 Å². The highest BCUT2D eigenvalue weighted by molar-refractivity contribution is 6.01. The molecule has 1 aliphatic heterocycles. The van der Waals surface area contributed by atoms with Gasteiger partial charge >= 0.3 is 12.0 Å². The Kier molecular flexibility index (Phi) is 22.1. The Morgan fingerprint density at radius 1 is 0.876 bits per heavy atom. The van der Waals surface area contributed by atoms with Crippen molar-refractivity contribution in [2.24, 2.45) is 29.1 Å². The van der Waals surface area contributed by atoms with Crippen LogP contribution in [0.25, 0.3) is 11.1 Å². The molecule has 3 aliphatic rings. The van der Waals surface area contributed by atoms with Gasteiger partial charge in [0, 0.05) is 73.6 Å². The minimum Gasteiger partial charge on any atom is -0.487 e. The van der Waals surface area contributed by atoms with E-state index in [1.54, 1.807) is 64.4 Å². The van der Waals surface area contributed by atoms with E-state index in [9.17, 15) is 33.9 Å². The minimum absolute atomic E-state index is 0.0277. The normalized spacial score (nSPS) is 15.1. The third-order valence-electron chi connectivity index (χ3n) is 15.8. The van der Waals surface area contributed by atoms with Crippen molar-refractivity contribution in [2.45, 2.75) is 117 Å². The van der Waals surface area contributed by atoms with E-state index in [-0.39, 0.29) is 105 Å². The van der Waals surface area contributed by atoms with E-state index in [1.807, 2.05) is 38.1 Å². The zero-order chi connectivity index (χ0) is 63.0. The van der Waals surface area contributed by atoms with Gasteiger partial charge in [0.25, 0.3) is 11.8 Å². The van der Waals surface area contributed by atoms with E-state index >= 15 is 0 Å². The number of nitrogens with zero attached hydrogens (tertiary/aromatic N) is 8. The molecule has 3 fully saturated rings. The number of urea groups is 1. The summed E-state index contributed by atoms with van der Waals surface area (Å²) < 4.78 is 31.3. The van der Waals surface area contributed by atoms with E-state index in [0.29, 0.717) is 85.9 Å². The molecule has 1 saturated heterocycles. The number of aliphatic hydroxyl groups is 1. The fourth-order valence-corrected chi connectivity index (χ4v) is 10.7. The van der Waals surface area contributed by atoms with Crippen LogP contribution >= 0.6 is 0 Å². The van der Waals surface area contributed by atoms with Crippen LogP contribution in [-0.2, 0) is 48.3 Å². The van der Waals surface area contributed by atoms with E-state index in [0.717, 1.165) is 48.2 Å². The molecule has 26 heteroatoms. The first-order valence-electron chi connectivity index (χ1n) is 30.4. The van der Waals surface area contributed by atoms with Gasteiger partial charge < -0.3 is 60.3 Å². The highest BCUT2D eigenvalue weighted by Crippen LogP contribution is 2.51. The second-order valence-corrected chi connectivity index (χ2v) is 24.2. The summed E-state index contributed by atoms with van der Waals surface area (Å²) in [5, 5.41) is 44.5. The van der Waals surface area contributed by atoms with E-state index < -0.39 is 24.0 Å². The second-order valence-electron chi connectivity index (χ2n) is 24.2. The molecule has 1 unspecified atom stereocenters. The van der Waals surface area contributed by atoms with Gasteiger partial charge in [0.1, 0.15) is 47.6 Å². The zero-order valence-corrected chi connectivity index (χ0v) is 51.4. The number of methoxy groups -OCH3 is 1. The molecule has 3 atom stereocenters. The Hall–Kier alpha value is -8.75. The highest BCUT2D eigenvalue weighted by atomic mass is 16.5. The van der Waals surface area contributed by atoms with Crippen LogP contribution < -0.4 is 36.1 Å². The van der Waals surface area contributed by atoms with Crippen LogP contribution in [0.4, 0.5) is 10.5 Å². The summed E-state index contributed by atoms with van der Waals surface area (Å²) in [5.41, 5.74) is 5.62. The molecule has 89 heavy (non-hydrogen) atoms. The largest absolute Gasteiger partial charge is 0.487 e. The fourth-order valence-electron chi connectivity index (χ4n) is 10.7. The van der Waals surface area contributed by atoms with Crippen molar-refractivity contribution in [3.63, 3.8) is 0 Å². The van der Waals surface area contributed by atoms with Gasteiger partial charge in [-0.05, 0) is 124 Å². The average Bonchev–Trinajstić information content (AvgIpc) is 1.94. The molecule has 4 aromatic heterocycles. The lowest BCUT2D eigenvalue weighted by Gasteiger charge is -2.39. The standard InChI is InChI=1S/C63H82N14O12/c1-39-55(40(2)72-71-39)42-15-18-46(19-16-42)68-60(82)57(56(43-11-12-43)44-13-14-44)70-59(81)52-22-25-67-77(52)26-8-24-64-53(79)35-76-32-47(73-74-76)38-87-28-27-86-37-41(36-78)30-66-62(84)75-33-50(34-75)88-48-9-7-10-49(29-48)89-54-20-17-45(31-65-54)58(80)69-51(61(83)85-6)21-23-63(3,4)5/h7,9-10,15-20,22,25,29,31-32,41,43-44,50-51,56-57,78H,8,11-14,21,23-24,26-28,30,33-38H2,1-6H3,(H,64,79)(H,66,84)(H,68,82)(H,69,80)(H,70,81)(H,71,72)/t41?,51-,57-/m0/s1. The fraction of sp³-hybridized carbons (Fsp3) is 0.508. The molecule has 2 aromatic carbocycles. The average molecular weight is 1230 g/mol. The number of likely N-dealkylation sites (tertiary alicyclic amines) is 1. The molecule has 6 aromatic rings. The number of aromatic amines is 1. The molecule has 2 saturated carbocycles. The van der Waals surface area contributed by atoms with E-state index in [4.69, 9.17) is 23.7 Å². The predicted molar refractivity (Wildman–Crippen MR) is 325 cm³/mol. The number of ether oxygens (including phenoxy) is 5. The maximum absolute atomic E-state index is 14.1. The van der Waals surface area contributed by atoms with Crippen LogP contribution in [0, 0.1) is 42.9 Å². The van der Waals surface area contributed by atoms with Crippen LogP contribution in [0.5, 0.6) is 17.4 Å². The number of benzene rings is 2. The van der Waals surface area contributed by atoms with Crippen molar-refractivity contribution in [1.82, 2.24) is 66.1 Å². The number of carbonyl (C=O) groups excluding carboxylic acids is 6. The Morgan fingerprint density at radius 3 is 2.31 bits per heavy atom. The number of rotatable bonds is 33. The van der Waals surface area contributed by atoms with Crippen LogP contribution in [0.2, 0.25) is 0 Å². The lowest BCUT2D eigenvalue weighted by atomic mass is 9.88. The second kappa shape index (κ2) is 30.4. The van der Waals surface area contributed by atoms with Gasteiger partial charge in [-0.3, -0.25) is 29.0 Å². The van der Waals surface area contributed by atoms with Crippen LogP contribution in [0.3, 0.4) is 0 Å². The Bertz CT molecular complexity index is 3310. The molecular weight excluding hydrogens is 1140 g/mol. The van der Waals surface area contributed by atoms with Gasteiger partial charge in [-0.1, -0.05) is 44.2 Å². The molecular formula is C63H82N14O12. The first-order valence-corrected chi connectivity index (χ1v) is 30.4. The summed E-state index contributed by atoms with van der Waals surface area (Å²) in [5.74, 6) is -0.146. The van der Waals surface area contributed by atoms with Gasteiger partial charge in [-0.2, -0.15) is 10.2 Å². The number of hydrogen-bond acceptors (Lipinski definition) is 17. The Labute approximate surface area is 516 Å². The van der Waals surface area contributed by atoms with Crippen molar-refractivity contribution >= 4 is 41.3 Å². The molecule has 5 heterocycles. The van der Waals surface area contributed by atoms with E-state index in [1.165, 1.54) is 18.0 Å². The maximum atomic E-state index is 14.1. The minimum atomic E-state index is -0.788. The lowest BCUT2D eigenvalue weighted by Crippen LogP contribution is -2.59. The van der Waals surface area contributed by atoms with Crippen molar-refractivity contribution in [3.05, 3.63) is 114 Å². The van der Waals surface area contributed by atoms with Crippen LogP contribution in [0.15, 0.2) is 85.3 Å². The summed E-state index contributed by atoms with van der Waals surface area (Å²) in [6, 6.07) is 17.6. The van der Waals surface area contributed by atoms with Crippen molar-refractivity contribution < 1.29 is 57.6 Å². The number of H-pyrrole nitrogens is 1. The van der Waals surface area contributed by atoms with Gasteiger partial charge in [0.05, 0.1) is 64.1 Å². The number of nitrogens with one attached hydrogen (secondary N) is 6. The number of aliphatic hydroxyl groups excluding tert-OH is 1. The maximum Gasteiger partial charge on any atom is 0.328 e. The summed E-state index contributed by atoms with van der Waals surface area (Å²) in [4.78, 5) is 84.9. The summed E-state index contributed by atoms with van der Waals surface area (Å²) in [6.07, 6.45) is 10.1. The number of pyridine rings is 1. The Morgan fingerprint density at radius 2 is 1.63 bits per heavy atom. The van der Waals surface area contributed by atoms with Gasteiger partial charge in [0.15, 0.2) is 0 Å². The third-order valence-corrected chi connectivity index (χ3v) is 15.8. The molecule has 476 valence electrons. The van der Waals surface area contributed by atoms with Gasteiger partial charge in [0.2, 0.25) is 17.7 Å². The number of aromatic nitrogens is 8. The highest BCUT2D eigenvalue weighted by Gasteiger charge is 2.48. The number of aryl methyl sites for hydroxylation is 3. The lowest BCUT2D eigenvalue weighted by molar-refractivity contribution is -0.143.